The summed E-state index contributed by atoms with van der Waals surface area (Å²) in [6.07, 6.45) is 0.997. The molecular weight excluding hydrogens is 368 g/mol. The van der Waals surface area contributed by atoms with Crippen molar-refractivity contribution in [1.29, 1.82) is 0 Å². The fourth-order valence-corrected chi connectivity index (χ4v) is 3.56. The van der Waals surface area contributed by atoms with E-state index in [0.29, 0.717) is 24.3 Å². The van der Waals surface area contributed by atoms with Gasteiger partial charge in [-0.25, -0.2) is 9.50 Å². The van der Waals surface area contributed by atoms with Gasteiger partial charge in [-0.2, -0.15) is 5.10 Å². The molecule has 1 amide bonds. The number of benzene rings is 1. The SMILES string of the molecule is COc1ccc(C(C)NC(=O)CCc2c(C)nc3cc(C)nn3c2C)cc1OC. The largest absolute Gasteiger partial charge is 0.493 e. The standard InChI is InChI=1S/C22H28N4O3/c1-13-11-21-23-15(3)18(16(4)26(21)25-13)8-10-22(27)24-14(2)17-7-9-19(28-5)20(12-17)29-6/h7,9,11-12,14H,8,10H2,1-6H3,(H,24,27). The monoisotopic (exact) mass is 396 g/mol. The van der Waals surface area contributed by atoms with Gasteiger partial charge in [0.1, 0.15) is 0 Å². The van der Waals surface area contributed by atoms with Crippen LogP contribution >= 0.6 is 0 Å². The Kier molecular flexibility index (Phi) is 6.06. The molecule has 2 aromatic heterocycles. The van der Waals surface area contributed by atoms with Gasteiger partial charge in [0.2, 0.25) is 5.91 Å². The number of rotatable bonds is 7. The van der Waals surface area contributed by atoms with Crippen molar-refractivity contribution in [3.63, 3.8) is 0 Å². The zero-order valence-corrected chi connectivity index (χ0v) is 17.9. The molecule has 0 aliphatic heterocycles. The Labute approximate surface area is 171 Å². The van der Waals surface area contributed by atoms with E-state index in [4.69, 9.17) is 9.47 Å². The number of ether oxygens (including phenoxy) is 2. The van der Waals surface area contributed by atoms with Gasteiger partial charge in [0.05, 0.1) is 26.0 Å². The van der Waals surface area contributed by atoms with Crippen LogP contribution in [0, 0.1) is 20.8 Å². The summed E-state index contributed by atoms with van der Waals surface area (Å²) < 4.78 is 12.5. The van der Waals surface area contributed by atoms with E-state index in [1.54, 1.807) is 14.2 Å². The molecule has 0 spiro atoms. The summed E-state index contributed by atoms with van der Waals surface area (Å²) in [5, 5.41) is 7.55. The van der Waals surface area contributed by atoms with Crippen molar-refractivity contribution >= 4 is 11.6 Å². The highest BCUT2D eigenvalue weighted by molar-refractivity contribution is 5.76. The van der Waals surface area contributed by atoms with Crippen LogP contribution in [0.15, 0.2) is 24.3 Å². The first-order valence-electron chi connectivity index (χ1n) is 9.67. The number of aryl methyl sites for hydroxylation is 3. The number of amides is 1. The molecule has 0 bridgehead atoms. The number of carbonyl (C=O) groups excluding carboxylic acids is 1. The van der Waals surface area contributed by atoms with Crippen LogP contribution in [-0.2, 0) is 11.2 Å². The van der Waals surface area contributed by atoms with E-state index in [1.165, 1.54) is 0 Å². The van der Waals surface area contributed by atoms with E-state index in [0.717, 1.165) is 33.9 Å². The Bertz CT molecular complexity index is 1040. The molecule has 3 aromatic rings. The fourth-order valence-electron chi connectivity index (χ4n) is 3.56. The molecule has 0 aliphatic rings. The molecule has 7 nitrogen and oxygen atoms in total. The zero-order chi connectivity index (χ0) is 21.1. The molecule has 1 atom stereocenters. The Hall–Kier alpha value is -3.09. The minimum atomic E-state index is -0.140. The van der Waals surface area contributed by atoms with Crippen molar-refractivity contribution in [2.24, 2.45) is 0 Å². The number of hydrogen-bond donors (Lipinski definition) is 1. The predicted octanol–water partition coefficient (Wildman–Crippen LogP) is 3.48. The minimum absolute atomic E-state index is 0.0113. The topological polar surface area (TPSA) is 77.8 Å². The molecule has 0 saturated carbocycles. The molecule has 1 unspecified atom stereocenters. The summed E-state index contributed by atoms with van der Waals surface area (Å²) >= 11 is 0. The number of nitrogens with one attached hydrogen (secondary N) is 1. The van der Waals surface area contributed by atoms with E-state index in [1.807, 2.05) is 56.5 Å². The van der Waals surface area contributed by atoms with Gasteiger partial charge >= 0.3 is 0 Å². The van der Waals surface area contributed by atoms with Gasteiger partial charge in [-0.15, -0.1) is 0 Å². The molecule has 3 rings (SSSR count). The first-order valence-corrected chi connectivity index (χ1v) is 9.67. The molecule has 0 fully saturated rings. The van der Waals surface area contributed by atoms with E-state index in [-0.39, 0.29) is 11.9 Å². The predicted molar refractivity (Wildman–Crippen MR) is 112 cm³/mol. The molecule has 1 aromatic carbocycles. The Morgan fingerprint density at radius 1 is 1.14 bits per heavy atom. The number of nitrogens with zero attached hydrogens (tertiary/aromatic N) is 3. The third-order valence-corrected chi connectivity index (χ3v) is 5.17. The Balaban J connectivity index is 1.68. The van der Waals surface area contributed by atoms with Crippen LogP contribution in [0.1, 0.15) is 47.6 Å². The summed E-state index contributed by atoms with van der Waals surface area (Å²) in [6, 6.07) is 7.48. The molecule has 154 valence electrons. The molecule has 7 heteroatoms. The highest BCUT2D eigenvalue weighted by Gasteiger charge is 2.15. The highest BCUT2D eigenvalue weighted by atomic mass is 16.5. The number of aromatic nitrogens is 3. The van der Waals surface area contributed by atoms with Gasteiger partial charge < -0.3 is 14.8 Å². The molecule has 0 aliphatic carbocycles. The van der Waals surface area contributed by atoms with E-state index >= 15 is 0 Å². The highest BCUT2D eigenvalue weighted by Crippen LogP contribution is 2.30. The lowest BCUT2D eigenvalue weighted by molar-refractivity contribution is -0.121. The molecule has 0 radical (unpaired) electrons. The Morgan fingerprint density at radius 3 is 2.55 bits per heavy atom. The van der Waals surface area contributed by atoms with Crippen LogP contribution in [0.3, 0.4) is 0 Å². The van der Waals surface area contributed by atoms with Crippen LogP contribution in [0.2, 0.25) is 0 Å². The van der Waals surface area contributed by atoms with E-state index < -0.39 is 0 Å². The lowest BCUT2D eigenvalue weighted by Crippen LogP contribution is -2.27. The maximum Gasteiger partial charge on any atom is 0.220 e. The van der Waals surface area contributed by atoms with Crippen molar-refractivity contribution < 1.29 is 14.3 Å². The number of fused-ring (bicyclic) bond motifs is 1. The second-order valence-corrected chi connectivity index (χ2v) is 7.22. The summed E-state index contributed by atoms with van der Waals surface area (Å²) in [5.41, 5.74) is 5.76. The normalized spacial score (nSPS) is 12.1. The lowest BCUT2D eigenvalue weighted by Gasteiger charge is -2.17. The van der Waals surface area contributed by atoms with Crippen molar-refractivity contribution in [1.82, 2.24) is 19.9 Å². The van der Waals surface area contributed by atoms with Crippen LogP contribution in [0.4, 0.5) is 0 Å². The maximum atomic E-state index is 12.6. The van der Waals surface area contributed by atoms with Crippen LogP contribution < -0.4 is 14.8 Å². The lowest BCUT2D eigenvalue weighted by atomic mass is 10.0. The van der Waals surface area contributed by atoms with Gasteiger partial charge in [0.25, 0.3) is 0 Å². The average Bonchev–Trinajstić information content (AvgIpc) is 3.07. The first kappa shape index (κ1) is 20.6. The number of carbonyl (C=O) groups is 1. The van der Waals surface area contributed by atoms with Gasteiger partial charge in [0.15, 0.2) is 17.1 Å². The zero-order valence-electron chi connectivity index (χ0n) is 17.9. The summed E-state index contributed by atoms with van der Waals surface area (Å²) in [5.74, 6) is 1.30. The third kappa shape index (κ3) is 4.34. The van der Waals surface area contributed by atoms with Gasteiger partial charge in [-0.3, -0.25) is 4.79 Å². The third-order valence-electron chi connectivity index (χ3n) is 5.17. The fraction of sp³-hybridized carbons (Fsp3) is 0.409. The van der Waals surface area contributed by atoms with E-state index in [2.05, 4.69) is 15.4 Å². The van der Waals surface area contributed by atoms with Gasteiger partial charge in [-0.05, 0) is 57.4 Å². The number of hydrogen-bond acceptors (Lipinski definition) is 5. The minimum Gasteiger partial charge on any atom is -0.493 e. The maximum absolute atomic E-state index is 12.6. The molecule has 2 heterocycles. The summed E-state index contributed by atoms with van der Waals surface area (Å²) in [6.45, 7) is 7.91. The number of methoxy groups -OCH3 is 2. The second-order valence-electron chi connectivity index (χ2n) is 7.22. The smallest absolute Gasteiger partial charge is 0.220 e. The quantitative estimate of drug-likeness (QED) is 0.662. The Morgan fingerprint density at radius 2 is 1.86 bits per heavy atom. The molecular formula is C22H28N4O3. The van der Waals surface area contributed by atoms with Crippen LogP contribution in [-0.4, -0.2) is 34.7 Å². The van der Waals surface area contributed by atoms with Gasteiger partial charge in [-0.1, -0.05) is 6.07 Å². The van der Waals surface area contributed by atoms with Crippen molar-refractivity contribution in [3.05, 3.63) is 52.5 Å². The first-order chi connectivity index (χ1) is 13.8. The molecule has 0 saturated heterocycles. The summed E-state index contributed by atoms with van der Waals surface area (Å²) in [7, 11) is 3.20. The van der Waals surface area contributed by atoms with Crippen molar-refractivity contribution in [2.75, 3.05) is 14.2 Å². The van der Waals surface area contributed by atoms with Crippen molar-refractivity contribution in [2.45, 2.75) is 46.6 Å². The second kappa shape index (κ2) is 8.51. The summed E-state index contributed by atoms with van der Waals surface area (Å²) in [4.78, 5) is 17.2. The molecule has 1 N–H and O–H groups in total. The van der Waals surface area contributed by atoms with Crippen LogP contribution in [0.25, 0.3) is 5.65 Å². The van der Waals surface area contributed by atoms with E-state index in [9.17, 15) is 4.79 Å². The average molecular weight is 396 g/mol. The van der Waals surface area contributed by atoms with Gasteiger partial charge in [0, 0.05) is 23.9 Å². The molecule has 29 heavy (non-hydrogen) atoms. The van der Waals surface area contributed by atoms with Crippen LogP contribution in [0.5, 0.6) is 11.5 Å². The van der Waals surface area contributed by atoms with Crippen molar-refractivity contribution in [3.8, 4) is 11.5 Å².